The number of hydrogen-bond donors (Lipinski definition) is 10. The van der Waals surface area contributed by atoms with Crippen LogP contribution in [0, 0.1) is 0 Å². The molecule has 0 spiro atoms. The third kappa shape index (κ3) is 21.2. The van der Waals surface area contributed by atoms with Crippen LogP contribution in [-0.2, 0) is 33.6 Å². The molecule has 9 aliphatic rings. The van der Waals surface area contributed by atoms with Crippen molar-refractivity contribution in [3.05, 3.63) is 88.4 Å². The van der Waals surface area contributed by atoms with Crippen LogP contribution in [0.15, 0.2) is 55.0 Å². The number of amides is 5. The molecule has 0 saturated carbocycles. The number of anilines is 12. The maximum atomic E-state index is 13.1. The number of nitrogens with zero attached hydrogens (tertiary/aromatic N) is 18. The summed E-state index contributed by atoms with van der Waals surface area (Å²) in [6.07, 6.45) is 7.11. The number of likely N-dealkylation sites (N-methyl/N-ethyl adjacent to an activating group) is 6. The molecular formula is C87H128N24O13. The molecule has 9 aliphatic heterocycles. The summed E-state index contributed by atoms with van der Waals surface area (Å²) in [6, 6.07) is 9.74. The molecule has 0 aliphatic carbocycles. The number of aromatic nitrogens is 6. The lowest BCUT2D eigenvalue weighted by Crippen LogP contribution is -2.54. The van der Waals surface area contributed by atoms with E-state index in [-0.39, 0.29) is 90.5 Å². The third-order valence-corrected chi connectivity index (χ3v) is 24.3. The van der Waals surface area contributed by atoms with Gasteiger partial charge in [-0.15, -0.1) is 0 Å². The minimum absolute atomic E-state index is 0.0264. The van der Waals surface area contributed by atoms with E-state index in [1.165, 1.54) is 0 Å². The Morgan fingerprint density at radius 2 is 0.718 bits per heavy atom. The zero-order valence-electron chi connectivity index (χ0n) is 74.6. The SMILES string of the molecule is CC[C@@H]1C(=O)N(C)c2cnc(Nc3ccc(C(=O)NC[C@@H](O)CN4CCN(C)CC4)c4c3OCC4)nc2N1C(C)C.CC[C@@H]1C(=O)N(C)c2cnc(Nc3ccc(C(=O)NC[C@@H](O)CN4CCN(C)CC4)c4c3OCC4)nc2N1C(C)C.CC[C@@H]1C(=O)N(C)c2cnc(Nc3ccc(C(=O)O)c4c3OCC4)nc2N1C(C)C.CN1CCN(C[C@H](O)CN)CC1. The number of carboxylic acid groups (broad SMARTS) is 1. The predicted molar refractivity (Wildman–Crippen MR) is 479 cm³/mol. The van der Waals surface area contributed by atoms with Gasteiger partial charge < -0.3 is 111 Å². The van der Waals surface area contributed by atoms with Crippen LogP contribution in [0.5, 0.6) is 17.2 Å². The van der Waals surface area contributed by atoms with Crippen LogP contribution in [0.1, 0.15) is 129 Å². The van der Waals surface area contributed by atoms with Crippen LogP contribution in [0.2, 0.25) is 0 Å². The molecule has 11 N–H and O–H groups in total. The van der Waals surface area contributed by atoms with E-state index in [9.17, 15) is 49.2 Å². The van der Waals surface area contributed by atoms with E-state index in [4.69, 9.17) is 34.9 Å². The van der Waals surface area contributed by atoms with E-state index in [0.29, 0.717) is 181 Å². The van der Waals surface area contributed by atoms with Crippen molar-refractivity contribution in [2.45, 2.75) is 155 Å². The van der Waals surface area contributed by atoms with Gasteiger partial charge in [-0.1, -0.05) is 20.8 Å². The normalized spacial score (nSPS) is 19.9. The lowest BCUT2D eigenvalue weighted by atomic mass is 10.0. The first-order chi connectivity index (χ1) is 59.4. The number of ether oxygens (including phenoxy) is 3. The molecule has 674 valence electrons. The van der Waals surface area contributed by atoms with Gasteiger partial charge in [0.15, 0.2) is 17.5 Å². The van der Waals surface area contributed by atoms with Crippen LogP contribution in [0.25, 0.3) is 0 Å². The molecule has 6 aromatic rings. The van der Waals surface area contributed by atoms with Crippen molar-refractivity contribution in [1.82, 2.24) is 69.9 Å². The number of carbonyl (C=O) groups is 6. The van der Waals surface area contributed by atoms with Gasteiger partial charge >= 0.3 is 5.97 Å². The number of carboxylic acids is 1. The Morgan fingerprint density at radius 3 is 0.992 bits per heavy atom. The van der Waals surface area contributed by atoms with Crippen molar-refractivity contribution in [3.8, 4) is 17.2 Å². The van der Waals surface area contributed by atoms with Crippen molar-refractivity contribution < 1.29 is 63.4 Å². The van der Waals surface area contributed by atoms with Crippen LogP contribution in [0.3, 0.4) is 0 Å². The van der Waals surface area contributed by atoms with E-state index >= 15 is 0 Å². The van der Waals surface area contributed by atoms with Gasteiger partial charge in [0, 0.05) is 204 Å². The number of fused-ring (bicyclic) bond motifs is 6. The van der Waals surface area contributed by atoms with Crippen LogP contribution < -0.4 is 75.9 Å². The molecule has 37 heteroatoms. The first-order valence-electron chi connectivity index (χ1n) is 43.6. The monoisotopic (exact) mass is 1720 g/mol. The van der Waals surface area contributed by atoms with E-state index in [0.717, 1.165) is 96.2 Å². The second-order valence-corrected chi connectivity index (χ2v) is 34.0. The zero-order valence-corrected chi connectivity index (χ0v) is 74.6. The Kier molecular flexibility index (Phi) is 31.1. The number of aliphatic hydroxyl groups is 3. The average molecular weight is 1720 g/mol. The maximum Gasteiger partial charge on any atom is 0.336 e. The number of piperazine rings is 3. The van der Waals surface area contributed by atoms with E-state index in [2.05, 4.69) is 130 Å². The summed E-state index contributed by atoms with van der Waals surface area (Å²) in [5.74, 6) is 3.62. The fourth-order valence-corrected chi connectivity index (χ4v) is 17.3. The summed E-state index contributed by atoms with van der Waals surface area (Å²) in [5.41, 5.74) is 12.9. The lowest BCUT2D eigenvalue weighted by molar-refractivity contribution is -0.120. The number of rotatable bonds is 26. The molecule has 0 bridgehead atoms. The van der Waals surface area contributed by atoms with Crippen molar-refractivity contribution in [1.29, 1.82) is 0 Å². The third-order valence-electron chi connectivity index (χ3n) is 24.3. The molecule has 15 rings (SSSR count). The molecule has 3 aromatic heterocycles. The smallest absolute Gasteiger partial charge is 0.336 e. The Labute approximate surface area is 726 Å². The quantitative estimate of drug-likeness (QED) is 0.0362. The first-order valence-corrected chi connectivity index (χ1v) is 43.6. The highest BCUT2D eigenvalue weighted by Crippen LogP contribution is 2.45. The molecule has 5 amide bonds. The van der Waals surface area contributed by atoms with E-state index in [1.54, 1.807) is 90.8 Å². The van der Waals surface area contributed by atoms with Gasteiger partial charge in [0.1, 0.15) is 52.4 Å². The molecule has 0 radical (unpaired) electrons. The summed E-state index contributed by atoms with van der Waals surface area (Å²) < 4.78 is 17.6. The molecule has 3 fully saturated rings. The highest BCUT2D eigenvalue weighted by atomic mass is 16.5. The summed E-state index contributed by atoms with van der Waals surface area (Å²) in [6.45, 7) is 34.1. The van der Waals surface area contributed by atoms with Crippen molar-refractivity contribution in [2.24, 2.45) is 5.73 Å². The second-order valence-electron chi connectivity index (χ2n) is 34.0. The molecule has 3 saturated heterocycles. The van der Waals surface area contributed by atoms with Gasteiger partial charge in [0.2, 0.25) is 35.6 Å². The molecule has 12 heterocycles. The summed E-state index contributed by atoms with van der Waals surface area (Å²) >= 11 is 0. The summed E-state index contributed by atoms with van der Waals surface area (Å²) in [4.78, 5) is 129. The van der Waals surface area contributed by atoms with Crippen LogP contribution in [0.4, 0.5) is 69.4 Å². The lowest BCUT2D eigenvalue weighted by Gasteiger charge is -2.42. The van der Waals surface area contributed by atoms with Crippen LogP contribution in [-0.4, -0.2) is 350 Å². The Balaban J connectivity index is 0.000000160. The number of aliphatic hydroxyl groups excluding tert-OH is 3. The van der Waals surface area contributed by atoms with E-state index in [1.807, 2.05) is 39.5 Å². The van der Waals surface area contributed by atoms with Crippen molar-refractivity contribution in [3.63, 3.8) is 0 Å². The molecule has 3 aromatic carbocycles. The Morgan fingerprint density at radius 1 is 0.435 bits per heavy atom. The Bertz CT molecular complexity index is 4560. The molecular weight excluding hydrogens is 1590 g/mol. The number of β-amino-alcohol motifs (C(OH)–C–C–N with tert-alkyl or cyclic N) is 3. The topological polar surface area (TPSA) is 413 Å². The zero-order chi connectivity index (χ0) is 89.1. The van der Waals surface area contributed by atoms with Gasteiger partial charge in [-0.25, -0.2) is 19.7 Å². The predicted octanol–water partition coefficient (Wildman–Crippen LogP) is 4.30. The summed E-state index contributed by atoms with van der Waals surface area (Å²) in [5, 5.41) is 55.3. The fourth-order valence-electron chi connectivity index (χ4n) is 17.3. The molecule has 124 heavy (non-hydrogen) atoms. The van der Waals surface area contributed by atoms with Crippen molar-refractivity contribution in [2.75, 3.05) is 225 Å². The highest BCUT2D eigenvalue weighted by molar-refractivity contribution is 6.07. The number of nitrogens with one attached hydrogen (secondary N) is 5. The first kappa shape index (κ1) is 92.7. The highest BCUT2D eigenvalue weighted by Gasteiger charge is 2.43. The number of nitrogens with two attached hydrogens (primary N) is 1. The van der Waals surface area contributed by atoms with E-state index < -0.39 is 18.2 Å². The van der Waals surface area contributed by atoms with Gasteiger partial charge in [0.25, 0.3) is 11.8 Å². The molecule has 37 nitrogen and oxygen atoms in total. The maximum absolute atomic E-state index is 13.1. The standard InChI is InChI=1S/2C29H42N8O4.C21H25N5O4.C8H19N3O/c2*1-6-23-28(40)35(5)24-16-31-29(33-26(24)37(23)18(2)3)32-22-8-7-21(20-9-14-41-25(20)22)27(39)30-15-19(38)17-36-12-10-34(4)11-13-36;1-5-15-19(27)25(4)16-10-22-21(24-18(16)26(15)11(2)3)23-14-7-6-13(20(28)29)12-8-9-30-17(12)14;1-10-2-4-11(5-3-10)7-8(12)6-9/h2*7-8,16,18-19,23,38H,6,9-15,17H2,1-5H3,(H,30,39)(H,31,32,33);6-7,10-11,15H,5,8-9H2,1-4H3,(H,28,29)(H,22,23,24);8,12H,2-7,9H2,1H3/t2*19-,23-;15-;8-/m1111/s1. The minimum atomic E-state index is -0.973. The van der Waals surface area contributed by atoms with Gasteiger partial charge in [0.05, 0.1) is 79.3 Å². The molecule has 0 unspecified atom stereocenters. The number of hydrogen-bond acceptors (Lipinski definition) is 31. The summed E-state index contributed by atoms with van der Waals surface area (Å²) in [7, 11) is 11.6. The number of aromatic carboxylic acids is 1. The van der Waals surface area contributed by atoms with Crippen molar-refractivity contribution >= 4 is 105 Å². The van der Waals surface area contributed by atoms with Crippen LogP contribution >= 0.6 is 0 Å². The average Bonchev–Trinajstić information content (AvgIpc) is 0.961. The van der Waals surface area contributed by atoms with Gasteiger partial charge in [-0.05, 0) is 118 Å². The second kappa shape index (κ2) is 41.5. The number of carbonyl (C=O) groups excluding carboxylic acids is 5. The Hall–Kier alpha value is -10.5. The fraction of sp³-hybridized carbons (Fsp3) is 0.586. The van der Waals surface area contributed by atoms with Gasteiger partial charge in [-0.3, -0.25) is 38.7 Å². The largest absolute Gasteiger partial charge is 0.491 e. The number of benzene rings is 3. The van der Waals surface area contributed by atoms with Gasteiger partial charge in [-0.2, -0.15) is 15.0 Å². The molecule has 6 atom stereocenters. The minimum Gasteiger partial charge on any atom is -0.491 e.